The Morgan fingerprint density at radius 1 is 0.900 bits per heavy atom. The molecule has 0 radical (unpaired) electrons. The second kappa shape index (κ2) is 8.72. The van der Waals surface area contributed by atoms with Crippen molar-refractivity contribution in [2.45, 2.75) is 37.9 Å². The maximum Gasteiger partial charge on any atom is 0.250 e. The van der Waals surface area contributed by atoms with Crippen molar-refractivity contribution in [1.82, 2.24) is 10.2 Å². The molecule has 10 nitrogen and oxygen atoms in total. The predicted octanol–water partition coefficient (Wildman–Crippen LogP) is 2.55. The van der Waals surface area contributed by atoms with Crippen LogP contribution in [0.15, 0.2) is 54.6 Å². The summed E-state index contributed by atoms with van der Waals surface area (Å²) in [6, 6.07) is 14.9. The Morgan fingerprint density at radius 3 is 2.48 bits per heavy atom. The number of hydrogen-bond donors (Lipinski definition) is 4. The first-order chi connectivity index (χ1) is 19.3. The van der Waals surface area contributed by atoms with Gasteiger partial charge in [-0.3, -0.25) is 24.6 Å². The van der Waals surface area contributed by atoms with E-state index in [0.29, 0.717) is 33.9 Å². The van der Waals surface area contributed by atoms with E-state index in [0.717, 1.165) is 12.0 Å². The van der Waals surface area contributed by atoms with Crippen molar-refractivity contribution < 1.29 is 34.1 Å². The van der Waals surface area contributed by atoms with Crippen LogP contribution < -0.4 is 20.1 Å². The molecule has 4 heterocycles. The summed E-state index contributed by atoms with van der Waals surface area (Å²) in [5.74, 6) is -2.31. The summed E-state index contributed by atoms with van der Waals surface area (Å²) in [5.41, 5.74) is 2.22. The second-order valence-electron chi connectivity index (χ2n) is 10.7. The van der Waals surface area contributed by atoms with E-state index in [2.05, 4.69) is 10.6 Å². The first-order valence-corrected chi connectivity index (χ1v) is 13.3. The molecule has 40 heavy (non-hydrogen) atoms. The number of carbonyl (C=O) groups excluding carboxylic acids is 3. The Hall–Kier alpha value is -4.57. The first-order valence-electron chi connectivity index (χ1n) is 13.3. The molecule has 10 heteroatoms. The average Bonchev–Trinajstić information content (AvgIpc) is 3.67. The van der Waals surface area contributed by atoms with Crippen LogP contribution in [0.4, 0.5) is 5.69 Å². The molecule has 4 aliphatic heterocycles. The molecule has 204 valence electrons. The van der Waals surface area contributed by atoms with Crippen LogP contribution in [0.25, 0.3) is 0 Å². The third kappa shape index (κ3) is 3.42. The number of nitrogens with one attached hydrogen (secondary N) is 2. The second-order valence-corrected chi connectivity index (χ2v) is 10.7. The lowest BCUT2D eigenvalue weighted by Crippen LogP contribution is -2.53. The van der Waals surface area contributed by atoms with Crippen LogP contribution in [0, 0.1) is 11.8 Å². The maximum absolute atomic E-state index is 14.2. The molecule has 0 bridgehead atoms. The Morgan fingerprint density at radius 2 is 1.68 bits per heavy atom. The average molecular weight is 542 g/mol. The lowest BCUT2D eigenvalue weighted by Gasteiger charge is -2.30. The molecule has 2 saturated heterocycles. The first kappa shape index (κ1) is 24.5. The highest BCUT2D eigenvalue weighted by Crippen LogP contribution is 2.54. The number of hydrogen-bond acceptors (Lipinski definition) is 8. The largest absolute Gasteiger partial charge is 0.504 e. The molecule has 7 rings (SSSR count). The fraction of sp³-hybridized carbons (Fsp3) is 0.300. The highest BCUT2D eigenvalue weighted by molar-refractivity contribution is 6.15. The van der Waals surface area contributed by atoms with Crippen molar-refractivity contribution in [3.05, 3.63) is 76.9 Å². The van der Waals surface area contributed by atoms with E-state index in [9.17, 15) is 24.6 Å². The van der Waals surface area contributed by atoms with Crippen LogP contribution in [-0.4, -0.2) is 45.7 Å². The van der Waals surface area contributed by atoms with Gasteiger partial charge in [0.1, 0.15) is 5.54 Å². The molecule has 0 saturated carbocycles. The SMILES string of the molecule is CCc1ccc2c(c1)C1(NC(Cc3ccc(O)c(O)c3)[C@H]3C(=O)N(Cc4ccc5c(c4)OCO5)C(=O)[C@H]31)C(=O)N2. The zero-order valence-electron chi connectivity index (χ0n) is 21.6. The molecular formula is C30H27N3O7. The number of imide groups is 1. The minimum Gasteiger partial charge on any atom is -0.504 e. The fourth-order valence-electron chi connectivity index (χ4n) is 6.63. The maximum atomic E-state index is 14.2. The summed E-state index contributed by atoms with van der Waals surface area (Å²) in [5, 5.41) is 26.2. The number of nitrogens with zero attached hydrogens (tertiary/aromatic N) is 1. The number of anilines is 1. The number of phenols is 2. The quantitative estimate of drug-likeness (QED) is 0.286. The Bertz CT molecular complexity index is 1600. The van der Waals surface area contributed by atoms with E-state index in [4.69, 9.17) is 9.47 Å². The molecule has 2 fully saturated rings. The van der Waals surface area contributed by atoms with Crippen molar-refractivity contribution in [3.63, 3.8) is 0 Å². The van der Waals surface area contributed by atoms with Crippen LogP contribution in [0.5, 0.6) is 23.0 Å². The Balaban J connectivity index is 1.31. The molecule has 0 aromatic heterocycles. The summed E-state index contributed by atoms with van der Waals surface area (Å²) in [4.78, 5) is 43.2. The number of amides is 3. The number of likely N-dealkylation sites (tertiary alicyclic amines) is 1. The zero-order valence-corrected chi connectivity index (χ0v) is 21.6. The Kier molecular flexibility index (Phi) is 5.33. The predicted molar refractivity (Wildman–Crippen MR) is 142 cm³/mol. The molecule has 2 unspecified atom stereocenters. The summed E-state index contributed by atoms with van der Waals surface area (Å²) < 4.78 is 10.9. The number of aromatic hydroxyl groups is 2. The zero-order chi connectivity index (χ0) is 27.8. The molecule has 3 aromatic carbocycles. The summed E-state index contributed by atoms with van der Waals surface area (Å²) >= 11 is 0. The normalized spacial score (nSPS) is 26.0. The van der Waals surface area contributed by atoms with Crippen LogP contribution in [0.3, 0.4) is 0 Å². The molecule has 4 N–H and O–H groups in total. The van der Waals surface area contributed by atoms with Gasteiger partial charge in [-0.1, -0.05) is 31.2 Å². The third-order valence-corrected chi connectivity index (χ3v) is 8.55. The van der Waals surface area contributed by atoms with Crippen molar-refractivity contribution in [3.8, 4) is 23.0 Å². The number of rotatable bonds is 5. The van der Waals surface area contributed by atoms with E-state index in [-0.39, 0.29) is 43.1 Å². The summed E-state index contributed by atoms with van der Waals surface area (Å²) in [7, 11) is 0. The molecule has 3 aromatic rings. The van der Waals surface area contributed by atoms with Crippen molar-refractivity contribution in [2.24, 2.45) is 11.8 Å². The summed E-state index contributed by atoms with van der Waals surface area (Å²) in [6.45, 7) is 2.16. The molecular weight excluding hydrogens is 514 g/mol. The standard InChI is InChI=1S/C30H27N3O7/c1-2-15-3-6-19-18(9-15)30(29(38)31-19)26-25(20(32-30)10-16-4-7-21(34)22(35)11-16)27(36)33(28(26)37)13-17-5-8-23-24(12-17)40-14-39-23/h3-9,11-12,20,25-26,32,34-35H,2,10,13-14H2,1H3,(H,31,38)/t20?,25-,26+,30?/m1/s1. The van der Waals surface area contributed by atoms with E-state index >= 15 is 0 Å². The van der Waals surface area contributed by atoms with E-state index < -0.39 is 29.3 Å². The van der Waals surface area contributed by atoms with Gasteiger partial charge in [0, 0.05) is 17.3 Å². The minimum absolute atomic E-state index is 0.0353. The van der Waals surface area contributed by atoms with Gasteiger partial charge >= 0.3 is 0 Å². The van der Waals surface area contributed by atoms with Crippen LogP contribution >= 0.6 is 0 Å². The molecule has 0 aliphatic carbocycles. The van der Waals surface area contributed by atoms with Crippen LogP contribution in [0.1, 0.15) is 29.2 Å². The number of aryl methyl sites for hydroxylation is 1. The van der Waals surface area contributed by atoms with Gasteiger partial charge in [0.05, 0.1) is 18.4 Å². The van der Waals surface area contributed by atoms with Gasteiger partial charge in [-0.25, -0.2) is 0 Å². The molecule has 4 aliphatic rings. The van der Waals surface area contributed by atoms with Gasteiger partial charge in [-0.05, 0) is 59.9 Å². The third-order valence-electron chi connectivity index (χ3n) is 8.55. The van der Waals surface area contributed by atoms with Gasteiger partial charge in [0.2, 0.25) is 24.5 Å². The van der Waals surface area contributed by atoms with Crippen molar-refractivity contribution in [2.75, 3.05) is 12.1 Å². The molecule has 3 amide bonds. The lowest BCUT2D eigenvalue weighted by molar-refractivity contribution is -0.143. The van der Waals surface area contributed by atoms with E-state index in [1.54, 1.807) is 24.3 Å². The molecule has 4 atom stereocenters. The number of carbonyl (C=O) groups is 3. The van der Waals surface area contributed by atoms with Gasteiger partial charge in [0.25, 0.3) is 0 Å². The fourth-order valence-corrected chi connectivity index (χ4v) is 6.63. The van der Waals surface area contributed by atoms with E-state index in [1.165, 1.54) is 17.0 Å². The molecule has 1 spiro atoms. The van der Waals surface area contributed by atoms with E-state index in [1.807, 2.05) is 25.1 Å². The highest BCUT2D eigenvalue weighted by atomic mass is 16.7. The topological polar surface area (TPSA) is 137 Å². The highest BCUT2D eigenvalue weighted by Gasteiger charge is 2.70. The monoisotopic (exact) mass is 541 g/mol. The smallest absolute Gasteiger partial charge is 0.250 e. The number of phenolic OH excluding ortho intramolecular Hbond substituents is 2. The summed E-state index contributed by atoms with van der Waals surface area (Å²) in [6.07, 6.45) is 0.995. The van der Waals surface area contributed by atoms with Gasteiger partial charge < -0.3 is 25.0 Å². The minimum atomic E-state index is -1.43. The lowest BCUT2D eigenvalue weighted by atomic mass is 9.76. The van der Waals surface area contributed by atoms with Crippen molar-refractivity contribution >= 4 is 23.4 Å². The number of fused-ring (bicyclic) bond motifs is 5. The van der Waals surface area contributed by atoms with Crippen LogP contribution in [0.2, 0.25) is 0 Å². The van der Waals surface area contributed by atoms with Gasteiger partial charge in [0.15, 0.2) is 23.0 Å². The van der Waals surface area contributed by atoms with Gasteiger partial charge in [-0.15, -0.1) is 0 Å². The van der Waals surface area contributed by atoms with Gasteiger partial charge in [-0.2, -0.15) is 0 Å². The Labute approximate surface area is 229 Å². The number of ether oxygens (including phenoxy) is 2. The van der Waals surface area contributed by atoms with Crippen LogP contribution in [-0.2, 0) is 39.3 Å². The number of benzene rings is 3. The van der Waals surface area contributed by atoms with Crippen molar-refractivity contribution in [1.29, 1.82) is 0 Å².